The largest absolute Gasteiger partial charge is 0.334 e. The molecule has 1 aromatic carbocycles. The predicted octanol–water partition coefficient (Wildman–Crippen LogP) is 2.27. The van der Waals surface area contributed by atoms with Crippen LogP contribution in [0.4, 0.5) is 5.69 Å². The monoisotopic (exact) mass is 191 g/mol. The van der Waals surface area contributed by atoms with Gasteiger partial charge in [0.1, 0.15) is 6.07 Å². The van der Waals surface area contributed by atoms with Gasteiger partial charge in [0, 0.05) is 0 Å². The molecule has 0 bridgehead atoms. The molecule has 4 heteroatoms. The predicted molar refractivity (Wildman–Crippen MR) is 56.0 cm³/mol. The highest BCUT2D eigenvalue weighted by Crippen LogP contribution is 2.14. The first-order chi connectivity index (χ1) is 6.27. The molecule has 0 aliphatic rings. The fraction of sp³-hybridized carbons (Fsp3) is 0.111. The van der Waals surface area contributed by atoms with Crippen LogP contribution in [-0.4, -0.2) is 11.4 Å². The van der Waals surface area contributed by atoms with Crippen molar-refractivity contribution in [3.05, 3.63) is 29.8 Å². The fourth-order valence-electron chi connectivity index (χ4n) is 0.863. The Morgan fingerprint density at radius 1 is 1.54 bits per heavy atom. The first kappa shape index (κ1) is 9.62. The van der Waals surface area contributed by atoms with Crippen molar-refractivity contribution in [1.82, 2.24) is 0 Å². The van der Waals surface area contributed by atoms with Crippen molar-refractivity contribution < 1.29 is 0 Å². The number of amidine groups is 1. The molecule has 0 atom stereocenters. The van der Waals surface area contributed by atoms with Crippen LogP contribution in [0.15, 0.2) is 24.3 Å². The van der Waals surface area contributed by atoms with Crippen LogP contribution >= 0.6 is 11.8 Å². The summed E-state index contributed by atoms with van der Waals surface area (Å²) in [7, 11) is 0. The van der Waals surface area contributed by atoms with Gasteiger partial charge in [-0.15, -0.1) is 0 Å². The maximum Gasteiger partial charge on any atom is 0.157 e. The normalized spacial score (nSPS) is 8.92. The standard InChI is InChI=1S/C9H9N3S/c1-13-9(11)12-8-5-3-2-4-7(8)6-10/h2-5H,1H3,(H2,11,12). The SMILES string of the molecule is CSC(=N)Nc1ccccc1C#N. The van der Waals surface area contributed by atoms with Crippen LogP contribution in [0, 0.1) is 16.7 Å². The Morgan fingerprint density at radius 3 is 2.85 bits per heavy atom. The molecule has 1 rings (SSSR count). The van der Waals surface area contributed by atoms with E-state index >= 15 is 0 Å². The lowest BCUT2D eigenvalue weighted by molar-refractivity contribution is 1.46. The molecule has 0 aromatic heterocycles. The fourth-order valence-corrected chi connectivity index (χ4v) is 1.07. The summed E-state index contributed by atoms with van der Waals surface area (Å²) in [6.07, 6.45) is 1.81. The molecule has 0 aliphatic carbocycles. The molecule has 0 radical (unpaired) electrons. The van der Waals surface area contributed by atoms with Crippen molar-refractivity contribution in [1.29, 1.82) is 10.7 Å². The topological polar surface area (TPSA) is 59.7 Å². The second kappa shape index (κ2) is 4.53. The second-order valence-electron chi connectivity index (χ2n) is 2.32. The number of rotatable bonds is 1. The van der Waals surface area contributed by atoms with E-state index in [2.05, 4.69) is 11.4 Å². The van der Waals surface area contributed by atoms with E-state index in [1.54, 1.807) is 18.2 Å². The molecule has 3 nitrogen and oxygen atoms in total. The van der Waals surface area contributed by atoms with E-state index in [-0.39, 0.29) is 0 Å². The molecule has 0 heterocycles. The number of nitriles is 1. The van der Waals surface area contributed by atoms with E-state index < -0.39 is 0 Å². The van der Waals surface area contributed by atoms with E-state index in [0.717, 1.165) is 0 Å². The zero-order chi connectivity index (χ0) is 9.68. The lowest BCUT2D eigenvalue weighted by Gasteiger charge is -2.05. The summed E-state index contributed by atoms with van der Waals surface area (Å²) in [5.41, 5.74) is 1.24. The summed E-state index contributed by atoms with van der Waals surface area (Å²) >= 11 is 1.30. The lowest BCUT2D eigenvalue weighted by atomic mass is 10.2. The number of nitrogens with one attached hydrogen (secondary N) is 2. The highest BCUT2D eigenvalue weighted by Gasteiger charge is 2.00. The molecule has 0 fully saturated rings. The van der Waals surface area contributed by atoms with Gasteiger partial charge in [0.25, 0.3) is 0 Å². The number of hydrogen-bond donors (Lipinski definition) is 2. The Bertz CT molecular complexity index is 354. The Labute approximate surface area is 81.3 Å². The van der Waals surface area contributed by atoms with Crippen LogP contribution in [0.2, 0.25) is 0 Å². The zero-order valence-corrected chi connectivity index (χ0v) is 7.98. The molecule has 0 saturated carbocycles. The van der Waals surface area contributed by atoms with Crippen molar-refractivity contribution in [2.24, 2.45) is 0 Å². The number of thioether (sulfide) groups is 1. The molecule has 13 heavy (non-hydrogen) atoms. The number of anilines is 1. The first-order valence-corrected chi connectivity index (χ1v) is 4.89. The van der Waals surface area contributed by atoms with E-state index in [9.17, 15) is 0 Å². The molecule has 66 valence electrons. The summed E-state index contributed by atoms with van der Waals surface area (Å²) < 4.78 is 0. The van der Waals surface area contributed by atoms with Crippen molar-refractivity contribution in [3.8, 4) is 6.07 Å². The molecule has 1 aromatic rings. The van der Waals surface area contributed by atoms with E-state index in [0.29, 0.717) is 16.4 Å². The minimum absolute atomic E-state index is 0.336. The molecule has 0 saturated heterocycles. The highest BCUT2D eigenvalue weighted by molar-refractivity contribution is 8.13. The quantitative estimate of drug-likeness (QED) is 0.528. The van der Waals surface area contributed by atoms with Crippen LogP contribution in [-0.2, 0) is 0 Å². The molecule has 2 N–H and O–H groups in total. The third kappa shape index (κ3) is 2.49. The maximum atomic E-state index is 8.74. The van der Waals surface area contributed by atoms with Gasteiger partial charge in [-0.05, 0) is 18.4 Å². The van der Waals surface area contributed by atoms with Gasteiger partial charge in [-0.3, -0.25) is 5.41 Å². The highest BCUT2D eigenvalue weighted by atomic mass is 32.2. The van der Waals surface area contributed by atoms with E-state index in [4.69, 9.17) is 10.7 Å². The van der Waals surface area contributed by atoms with E-state index in [1.807, 2.05) is 12.3 Å². The molecule has 0 spiro atoms. The lowest BCUT2D eigenvalue weighted by Crippen LogP contribution is -2.06. The number of para-hydroxylation sites is 1. The van der Waals surface area contributed by atoms with Gasteiger partial charge in [0.05, 0.1) is 11.3 Å². The Morgan fingerprint density at radius 2 is 2.23 bits per heavy atom. The zero-order valence-electron chi connectivity index (χ0n) is 7.16. The molecule has 0 unspecified atom stereocenters. The third-order valence-corrected chi connectivity index (χ3v) is 2.01. The summed E-state index contributed by atoms with van der Waals surface area (Å²) in [6.45, 7) is 0. The van der Waals surface area contributed by atoms with Gasteiger partial charge >= 0.3 is 0 Å². The van der Waals surface area contributed by atoms with Gasteiger partial charge in [0.15, 0.2) is 5.17 Å². The average Bonchev–Trinajstić information content (AvgIpc) is 2.18. The minimum Gasteiger partial charge on any atom is -0.334 e. The smallest absolute Gasteiger partial charge is 0.157 e. The minimum atomic E-state index is 0.336. The van der Waals surface area contributed by atoms with Crippen molar-refractivity contribution in [3.63, 3.8) is 0 Å². The summed E-state index contributed by atoms with van der Waals surface area (Å²) in [5.74, 6) is 0. The van der Waals surface area contributed by atoms with Crippen LogP contribution in [0.3, 0.4) is 0 Å². The number of benzene rings is 1. The number of nitrogens with zero attached hydrogens (tertiary/aromatic N) is 1. The molecule has 0 amide bonds. The maximum absolute atomic E-state index is 8.74. The summed E-state index contributed by atoms with van der Waals surface area (Å²) in [6, 6.07) is 9.18. The van der Waals surface area contributed by atoms with Gasteiger partial charge in [-0.25, -0.2) is 0 Å². The van der Waals surface area contributed by atoms with Crippen molar-refractivity contribution in [2.45, 2.75) is 0 Å². The Kier molecular flexibility index (Phi) is 3.35. The Balaban J connectivity index is 2.89. The van der Waals surface area contributed by atoms with Gasteiger partial charge < -0.3 is 5.32 Å². The summed E-state index contributed by atoms with van der Waals surface area (Å²) in [4.78, 5) is 0. The van der Waals surface area contributed by atoms with Crippen LogP contribution in [0.5, 0.6) is 0 Å². The summed E-state index contributed by atoms with van der Waals surface area (Å²) in [5, 5.41) is 19.3. The molecule has 0 aliphatic heterocycles. The Hall–Kier alpha value is -1.47. The van der Waals surface area contributed by atoms with Crippen molar-refractivity contribution >= 4 is 22.6 Å². The second-order valence-corrected chi connectivity index (χ2v) is 3.13. The average molecular weight is 191 g/mol. The van der Waals surface area contributed by atoms with Crippen LogP contribution in [0.25, 0.3) is 0 Å². The van der Waals surface area contributed by atoms with E-state index in [1.165, 1.54) is 11.8 Å². The van der Waals surface area contributed by atoms with Crippen molar-refractivity contribution in [2.75, 3.05) is 11.6 Å². The molecular formula is C9H9N3S. The van der Waals surface area contributed by atoms with Gasteiger partial charge in [-0.1, -0.05) is 23.9 Å². The number of hydrogen-bond acceptors (Lipinski definition) is 3. The first-order valence-electron chi connectivity index (χ1n) is 3.66. The van der Waals surface area contributed by atoms with Crippen LogP contribution in [0.1, 0.15) is 5.56 Å². The van der Waals surface area contributed by atoms with Crippen LogP contribution < -0.4 is 5.32 Å². The van der Waals surface area contributed by atoms with Gasteiger partial charge in [-0.2, -0.15) is 5.26 Å². The third-order valence-electron chi connectivity index (χ3n) is 1.50. The van der Waals surface area contributed by atoms with Gasteiger partial charge in [0.2, 0.25) is 0 Å². The molecular weight excluding hydrogens is 182 g/mol.